The highest BCUT2D eigenvalue weighted by Crippen LogP contribution is 2.25. The van der Waals surface area contributed by atoms with Crippen molar-refractivity contribution in [3.05, 3.63) is 35.9 Å². The minimum absolute atomic E-state index is 0.158. The standard InChI is InChI=1S/C13H18N2O2/c1-15-10-13(14-17-2,9-12(15)16)8-11-6-4-3-5-7-11/h3-7,14H,8-10H2,1-2H3/t13-/m1/s1. The van der Waals surface area contributed by atoms with Crippen LogP contribution in [0.15, 0.2) is 30.3 Å². The normalized spacial score (nSPS) is 24.4. The number of hydroxylamine groups is 1. The number of amides is 1. The third-order valence-corrected chi connectivity index (χ3v) is 3.16. The molecule has 0 bridgehead atoms. The quantitative estimate of drug-likeness (QED) is 0.790. The molecule has 1 amide bonds. The summed E-state index contributed by atoms with van der Waals surface area (Å²) >= 11 is 0. The predicted octanol–water partition coefficient (Wildman–Crippen LogP) is 0.981. The Hall–Kier alpha value is -1.39. The number of carbonyl (C=O) groups is 1. The second-order valence-electron chi connectivity index (χ2n) is 4.68. The Morgan fingerprint density at radius 2 is 2.12 bits per heavy atom. The van der Waals surface area contributed by atoms with Crippen molar-refractivity contribution in [3.63, 3.8) is 0 Å². The molecule has 4 heteroatoms. The number of rotatable bonds is 4. The van der Waals surface area contributed by atoms with E-state index in [-0.39, 0.29) is 11.4 Å². The molecule has 0 aromatic heterocycles. The third kappa shape index (κ3) is 2.65. The molecule has 1 aromatic carbocycles. The van der Waals surface area contributed by atoms with Crippen LogP contribution in [-0.2, 0) is 16.1 Å². The molecule has 1 N–H and O–H groups in total. The summed E-state index contributed by atoms with van der Waals surface area (Å²) in [6, 6.07) is 10.2. The fraction of sp³-hybridized carbons (Fsp3) is 0.462. The van der Waals surface area contributed by atoms with E-state index in [0.717, 1.165) is 6.42 Å². The molecule has 2 rings (SSSR count). The number of nitrogens with zero attached hydrogens (tertiary/aromatic N) is 1. The summed E-state index contributed by atoms with van der Waals surface area (Å²) in [7, 11) is 3.42. The van der Waals surface area contributed by atoms with E-state index in [1.165, 1.54) is 5.56 Å². The molecule has 0 spiro atoms. The Bertz CT molecular complexity index is 394. The lowest BCUT2D eigenvalue weighted by atomic mass is 9.91. The van der Waals surface area contributed by atoms with Crippen molar-refractivity contribution < 1.29 is 9.63 Å². The van der Waals surface area contributed by atoms with Crippen LogP contribution in [0.1, 0.15) is 12.0 Å². The van der Waals surface area contributed by atoms with Crippen LogP contribution in [0.3, 0.4) is 0 Å². The largest absolute Gasteiger partial charge is 0.344 e. The molecular weight excluding hydrogens is 216 g/mol. The molecule has 0 aliphatic carbocycles. The highest BCUT2D eigenvalue weighted by molar-refractivity contribution is 5.80. The van der Waals surface area contributed by atoms with Gasteiger partial charge in [-0.2, -0.15) is 5.48 Å². The van der Waals surface area contributed by atoms with E-state index in [0.29, 0.717) is 13.0 Å². The molecule has 1 aromatic rings. The van der Waals surface area contributed by atoms with E-state index in [1.807, 2.05) is 25.2 Å². The van der Waals surface area contributed by atoms with Crippen molar-refractivity contribution in [3.8, 4) is 0 Å². The van der Waals surface area contributed by atoms with Crippen LogP contribution in [0, 0.1) is 0 Å². The Morgan fingerprint density at radius 3 is 2.65 bits per heavy atom. The van der Waals surface area contributed by atoms with Crippen molar-refractivity contribution in [1.29, 1.82) is 0 Å². The van der Waals surface area contributed by atoms with Crippen LogP contribution in [-0.4, -0.2) is 37.0 Å². The summed E-state index contributed by atoms with van der Waals surface area (Å²) < 4.78 is 0. The molecule has 17 heavy (non-hydrogen) atoms. The van der Waals surface area contributed by atoms with Gasteiger partial charge in [0.05, 0.1) is 12.6 Å². The molecule has 1 aliphatic heterocycles. The topological polar surface area (TPSA) is 41.6 Å². The molecule has 1 saturated heterocycles. The Morgan fingerprint density at radius 1 is 1.41 bits per heavy atom. The SMILES string of the molecule is CON[C@]1(Cc2ccccc2)CC(=O)N(C)C1. The Labute approximate surface area is 102 Å². The van der Waals surface area contributed by atoms with Crippen molar-refractivity contribution in [2.75, 3.05) is 20.7 Å². The first-order valence-corrected chi connectivity index (χ1v) is 5.73. The average molecular weight is 234 g/mol. The highest BCUT2D eigenvalue weighted by Gasteiger charge is 2.41. The van der Waals surface area contributed by atoms with E-state index < -0.39 is 0 Å². The number of likely N-dealkylation sites (N-methyl/N-ethyl adjacent to an activating group) is 1. The van der Waals surface area contributed by atoms with Crippen molar-refractivity contribution in [2.24, 2.45) is 0 Å². The number of nitrogens with one attached hydrogen (secondary N) is 1. The van der Waals surface area contributed by atoms with Gasteiger partial charge in [0.2, 0.25) is 5.91 Å². The van der Waals surface area contributed by atoms with E-state index in [2.05, 4.69) is 17.6 Å². The lowest BCUT2D eigenvalue weighted by Gasteiger charge is -2.28. The zero-order valence-corrected chi connectivity index (χ0v) is 10.3. The predicted molar refractivity (Wildman–Crippen MR) is 65.3 cm³/mol. The maximum absolute atomic E-state index is 11.7. The van der Waals surface area contributed by atoms with Crippen LogP contribution in [0.5, 0.6) is 0 Å². The minimum Gasteiger partial charge on any atom is -0.344 e. The van der Waals surface area contributed by atoms with E-state index >= 15 is 0 Å². The van der Waals surface area contributed by atoms with Crippen molar-refractivity contribution >= 4 is 5.91 Å². The maximum Gasteiger partial charge on any atom is 0.224 e. The Kier molecular flexibility index (Phi) is 3.45. The summed E-state index contributed by atoms with van der Waals surface area (Å²) in [4.78, 5) is 18.5. The first-order chi connectivity index (χ1) is 8.15. The molecule has 4 nitrogen and oxygen atoms in total. The summed E-state index contributed by atoms with van der Waals surface area (Å²) in [6.07, 6.45) is 1.27. The van der Waals surface area contributed by atoms with Gasteiger partial charge >= 0.3 is 0 Å². The average Bonchev–Trinajstić information content (AvgIpc) is 2.56. The van der Waals surface area contributed by atoms with Crippen LogP contribution in [0.2, 0.25) is 0 Å². The highest BCUT2D eigenvalue weighted by atomic mass is 16.6. The molecule has 1 fully saturated rings. The van der Waals surface area contributed by atoms with Gasteiger partial charge in [-0.25, -0.2) is 0 Å². The Balaban J connectivity index is 2.16. The van der Waals surface area contributed by atoms with Gasteiger partial charge in [0.15, 0.2) is 0 Å². The minimum atomic E-state index is -0.304. The molecule has 0 saturated carbocycles. The molecule has 1 heterocycles. The van der Waals surface area contributed by atoms with Crippen molar-refractivity contribution in [2.45, 2.75) is 18.4 Å². The number of likely N-dealkylation sites (tertiary alicyclic amines) is 1. The van der Waals surface area contributed by atoms with Crippen LogP contribution < -0.4 is 5.48 Å². The fourth-order valence-corrected chi connectivity index (χ4v) is 2.45. The number of carbonyl (C=O) groups excluding carboxylic acids is 1. The number of hydrogen-bond acceptors (Lipinski definition) is 3. The second kappa shape index (κ2) is 4.85. The van der Waals surface area contributed by atoms with Gasteiger partial charge < -0.3 is 9.74 Å². The van der Waals surface area contributed by atoms with Crippen molar-refractivity contribution in [1.82, 2.24) is 10.4 Å². The molecular formula is C13H18N2O2. The van der Waals surface area contributed by atoms with Crippen LogP contribution in [0.4, 0.5) is 0 Å². The molecule has 0 radical (unpaired) electrons. The maximum atomic E-state index is 11.7. The monoisotopic (exact) mass is 234 g/mol. The molecule has 1 atom stereocenters. The summed E-state index contributed by atoms with van der Waals surface area (Å²) in [5.74, 6) is 0.158. The summed E-state index contributed by atoms with van der Waals surface area (Å²) in [6.45, 7) is 0.675. The zero-order valence-electron chi connectivity index (χ0n) is 10.3. The van der Waals surface area contributed by atoms with E-state index in [9.17, 15) is 4.79 Å². The number of hydrogen-bond donors (Lipinski definition) is 1. The first kappa shape index (κ1) is 12.1. The van der Waals surface area contributed by atoms with Gasteiger partial charge in [-0.3, -0.25) is 4.79 Å². The first-order valence-electron chi connectivity index (χ1n) is 5.73. The van der Waals surface area contributed by atoms with E-state index in [4.69, 9.17) is 4.84 Å². The van der Waals surface area contributed by atoms with Gasteiger partial charge in [-0.05, 0) is 12.0 Å². The van der Waals surface area contributed by atoms with Gasteiger partial charge in [-0.15, -0.1) is 0 Å². The molecule has 0 unspecified atom stereocenters. The van der Waals surface area contributed by atoms with Gasteiger partial charge in [0.25, 0.3) is 0 Å². The zero-order chi connectivity index (χ0) is 12.3. The van der Waals surface area contributed by atoms with Crippen LogP contribution in [0.25, 0.3) is 0 Å². The van der Waals surface area contributed by atoms with Gasteiger partial charge in [-0.1, -0.05) is 30.3 Å². The molecule has 92 valence electrons. The lowest BCUT2D eigenvalue weighted by molar-refractivity contribution is -0.126. The fourth-order valence-electron chi connectivity index (χ4n) is 2.45. The van der Waals surface area contributed by atoms with E-state index in [1.54, 1.807) is 12.0 Å². The van der Waals surface area contributed by atoms with Gasteiger partial charge in [0.1, 0.15) is 0 Å². The lowest BCUT2D eigenvalue weighted by Crippen LogP contribution is -2.48. The molecule has 1 aliphatic rings. The van der Waals surface area contributed by atoms with Crippen LogP contribution >= 0.6 is 0 Å². The summed E-state index contributed by atoms with van der Waals surface area (Å²) in [5, 5.41) is 0. The summed E-state index contributed by atoms with van der Waals surface area (Å²) in [5.41, 5.74) is 3.91. The third-order valence-electron chi connectivity index (χ3n) is 3.16. The smallest absolute Gasteiger partial charge is 0.224 e. The second-order valence-corrected chi connectivity index (χ2v) is 4.68. The number of benzene rings is 1. The van der Waals surface area contributed by atoms with Gasteiger partial charge in [0, 0.05) is 20.0 Å².